The van der Waals surface area contributed by atoms with Crippen molar-refractivity contribution in [3.8, 4) is 11.5 Å². The Morgan fingerprint density at radius 2 is 1.63 bits per heavy atom. The van der Waals surface area contributed by atoms with Gasteiger partial charge in [0, 0.05) is 23.9 Å². The molecule has 156 valence electrons. The lowest BCUT2D eigenvalue weighted by Crippen LogP contribution is -2.21. The van der Waals surface area contributed by atoms with Gasteiger partial charge in [-0.1, -0.05) is 36.4 Å². The van der Waals surface area contributed by atoms with Crippen LogP contribution in [0.25, 0.3) is 0 Å². The molecule has 0 fully saturated rings. The predicted molar refractivity (Wildman–Crippen MR) is 121 cm³/mol. The highest BCUT2D eigenvalue weighted by atomic mass is 16.5. The number of rotatable bonds is 10. The number of benzene rings is 3. The van der Waals surface area contributed by atoms with E-state index in [1.807, 2.05) is 80.6 Å². The molecule has 5 nitrogen and oxygen atoms in total. The van der Waals surface area contributed by atoms with Gasteiger partial charge >= 0.3 is 0 Å². The average Bonchev–Trinajstić information content (AvgIpc) is 2.74. The number of hydrogen-bond donors (Lipinski definition) is 2. The van der Waals surface area contributed by atoms with Crippen molar-refractivity contribution in [2.45, 2.75) is 26.4 Å². The number of nitrogens with one attached hydrogen (secondary N) is 2. The van der Waals surface area contributed by atoms with Crippen molar-refractivity contribution in [2.75, 3.05) is 23.8 Å². The largest absolute Gasteiger partial charge is 0.493 e. The summed E-state index contributed by atoms with van der Waals surface area (Å²) in [6, 6.07) is 25.2. The fourth-order valence-electron chi connectivity index (χ4n) is 2.90. The van der Waals surface area contributed by atoms with Gasteiger partial charge in [0.25, 0.3) is 0 Å². The summed E-state index contributed by atoms with van der Waals surface area (Å²) >= 11 is 0. The summed E-state index contributed by atoms with van der Waals surface area (Å²) in [6.07, 6.45) is 0.967. The summed E-state index contributed by atoms with van der Waals surface area (Å²) in [4.78, 5) is 12.2. The van der Waals surface area contributed by atoms with Gasteiger partial charge in [-0.15, -0.1) is 0 Å². The smallest absolute Gasteiger partial charge is 0.243 e. The van der Waals surface area contributed by atoms with E-state index >= 15 is 0 Å². The maximum atomic E-state index is 12.2. The molecule has 0 heterocycles. The number of anilines is 2. The van der Waals surface area contributed by atoms with Crippen molar-refractivity contribution >= 4 is 17.3 Å². The van der Waals surface area contributed by atoms with Crippen LogP contribution in [0.1, 0.15) is 19.4 Å². The Morgan fingerprint density at radius 1 is 0.867 bits per heavy atom. The van der Waals surface area contributed by atoms with Crippen molar-refractivity contribution in [3.05, 3.63) is 84.4 Å². The van der Waals surface area contributed by atoms with Crippen LogP contribution in [0.15, 0.2) is 78.9 Å². The lowest BCUT2D eigenvalue weighted by atomic mass is 10.2. The number of carbonyl (C=O) groups is 1. The van der Waals surface area contributed by atoms with Crippen molar-refractivity contribution in [1.29, 1.82) is 0 Å². The molecule has 0 aliphatic rings. The van der Waals surface area contributed by atoms with Crippen LogP contribution in [0.3, 0.4) is 0 Å². The van der Waals surface area contributed by atoms with Gasteiger partial charge in [0.15, 0.2) is 0 Å². The van der Waals surface area contributed by atoms with E-state index in [1.54, 1.807) is 0 Å². The van der Waals surface area contributed by atoms with E-state index in [2.05, 4.69) is 22.8 Å². The molecule has 3 rings (SSSR count). The standard InChI is InChI=1S/C25H28N2O3/c1-19(2)30-23-13-11-21(12-14-23)27-25(28)18-26-22-9-6-10-24(17-22)29-16-15-20-7-4-3-5-8-20/h3-14,17,19,26H,15-16,18H2,1-2H3,(H,27,28). The monoisotopic (exact) mass is 404 g/mol. The Hall–Kier alpha value is -3.47. The molecule has 0 aliphatic heterocycles. The fourth-order valence-corrected chi connectivity index (χ4v) is 2.90. The molecule has 0 aromatic heterocycles. The summed E-state index contributed by atoms with van der Waals surface area (Å²) in [5.74, 6) is 1.44. The Balaban J connectivity index is 1.43. The molecule has 3 aromatic rings. The average molecular weight is 405 g/mol. The third-order valence-electron chi connectivity index (χ3n) is 4.30. The minimum atomic E-state index is -0.122. The van der Waals surface area contributed by atoms with Crippen molar-refractivity contribution in [1.82, 2.24) is 0 Å². The van der Waals surface area contributed by atoms with Gasteiger partial charge in [-0.2, -0.15) is 0 Å². The van der Waals surface area contributed by atoms with Gasteiger partial charge in [-0.05, 0) is 55.8 Å². The first-order valence-corrected chi connectivity index (χ1v) is 10.2. The van der Waals surface area contributed by atoms with Crippen LogP contribution in [0, 0.1) is 0 Å². The quantitative estimate of drug-likeness (QED) is 0.491. The fraction of sp³-hybridized carbons (Fsp3) is 0.240. The number of ether oxygens (including phenoxy) is 2. The molecule has 0 radical (unpaired) electrons. The second kappa shape index (κ2) is 10.9. The van der Waals surface area contributed by atoms with Crippen molar-refractivity contribution in [3.63, 3.8) is 0 Å². The van der Waals surface area contributed by atoms with Crippen LogP contribution in [-0.4, -0.2) is 25.2 Å². The molecule has 0 saturated heterocycles. The molecule has 0 aliphatic carbocycles. The van der Waals surface area contributed by atoms with Crippen LogP contribution < -0.4 is 20.1 Å². The molecular weight excluding hydrogens is 376 g/mol. The van der Waals surface area contributed by atoms with Gasteiger partial charge in [-0.25, -0.2) is 0 Å². The Kier molecular flexibility index (Phi) is 7.72. The van der Waals surface area contributed by atoms with Crippen LogP contribution in [-0.2, 0) is 11.2 Å². The third-order valence-corrected chi connectivity index (χ3v) is 4.30. The lowest BCUT2D eigenvalue weighted by molar-refractivity contribution is -0.114. The normalized spacial score (nSPS) is 10.5. The molecule has 0 atom stereocenters. The first kappa shape index (κ1) is 21.2. The van der Waals surface area contributed by atoms with Crippen LogP contribution in [0.4, 0.5) is 11.4 Å². The predicted octanol–water partition coefficient (Wildman–Crippen LogP) is 5.15. The molecule has 0 unspecified atom stereocenters. The van der Waals surface area contributed by atoms with Crippen LogP contribution in [0.2, 0.25) is 0 Å². The number of amides is 1. The number of hydrogen-bond acceptors (Lipinski definition) is 4. The van der Waals surface area contributed by atoms with E-state index in [1.165, 1.54) is 5.56 Å². The summed E-state index contributed by atoms with van der Waals surface area (Å²) in [7, 11) is 0. The zero-order valence-corrected chi connectivity index (χ0v) is 17.4. The zero-order valence-electron chi connectivity index (χ0n) is 17.4. The second-order valence-electron chi connectivity index (χ2n) is 7.20. The van der Waals surface area contributed by atoms with E-state index in [0.29, 0.717) is 6.61 Å². The summed E-state index contributed by atoms with van der Waals surface area (Å²) in [5.41, 5.74) is 2.81. The highest BCUT2D eigenvalue weighted by molar-refractivity contribution is 5.93. The minimum absolute atomic E-state index is 0.118. The van der Waals surface area contributed by atoms with Gasteiger partial charge in [0.2, 0.25) is 5.91 Å². The second-order valence-corrected chi connectivity index (χ2v) is 7.20. The first-order valence-electron chi connectivity index (χ1n) is 10.2. The van der Waals surface area contributed by atoms with Crippen LogP contribution >= 0.6 is 0 Å². The molecule has 2 N–H and O–H groups in total. The zero-order chi connectivity index (χ0) is 21.2. The molecule has 0 spiro atoms. The van der Waals surface area contributed by atoms with Crippen LogP contribution in [0.5, 0.6) is 11.5 Å². The van der Waals surface area contributed by atoms with E-state index in [-0.39, 0.29) is 18.6 Å². The van der Waals surface area contributed by atoms with Gasteiger partial charge in [0.05, 0.1) is 19.3 Å². The van der Waals surface area contributed by atoms with Gasteiger partial charge in [-0.3, -0.25) is 4.79 Å². The van der Waals surface area contributed by atoms with Gasteiger partial charge < -0.3 is 20.1 Å². The van der Waals surface area contributed by atoms with E-state index in [4.69, 9.17) is 9.47 Å². The molecule has 30 heavy (non-hydrogen) atoms. The lowest BCUT2D eigenvalue weighted by Gasteiger charge is -2.12. The first-order chi connectivity index (χ1) is 14.6. The van der Waals surface area contributed by atoms with Crippen molar-refractivity contribution in [2.24, 2.45) is 0 Å². The molecule has 0 saturated carbocycles. The molecule has 0 bridgehead atoms. The highest BCUT2D eigenvalue weighted by Crippen LogP contribution is 2.19. The molecule has 1 amide bonds. The molecular formula is C25H28N2O3. The highest BCUT2D eigenvalue weighted by Gasteiger charge is 2.04. The third kappa shape index (κ3) is 7.17. The van der Waals surface area contributed by atoms with E-state index in [9.17, 15) is 4.79 Å². The van der Waals surface area contributed by atoms with E-state index in [0.717, 1.165) is 29.3 Å². The van der Waals surface area contributed by atoms with Crippen molar-refractivity contribution < 1.29 is 14.3 Å². The molecule has 3 aromatic carbocycles. The Morgan fingerprint density at radius 3 is 2.37 bits per heavy atom. The summed E-state index contributed by atoms with van der Waals surface area (Å²) in [5, 5.41) is 6.01. The maximum Gasteiger partial charge on any atom is 0.243 e. The van der Waals surface area contributed by atoms with Gasteiger partial charge in [0.1, 0.15) is 11.5 Å². The summed E-state index contributed by atoms with van der Waals surface area (Å²) < 4.78 is 11.4. The molecule has 5 heteroatoms. The minimum Gasteiger partial charge on any atom is -0.493 e. The SMILES string of the molecule is CC(C)Oc1ccc(NC(=O)CNc2cccc(OCCc3ccccc3)c2)cc1. The Bertz CT molecular complexity index is 925. The topological polar surface area (TPSA) is 59.6 Å². The summed E-state index contributed by atoms with van der Waals surface area (Å²) in [6.45, 7) is 4.72. The number of carbonyl (C=O) groups excluding carboxylic acids is 1. The van der Waals surface area contributed by atoms with E-state index < -0.39 is 0 Å². The maximum absolute atomic E-state index is 12.2. The Labute approximate surface area is 178 Å².